The van der Waals surface area contributed by atoms with Crippen LogP contribution in [0.25, 0.3) is 0 Å². The SMILES string of the molecule is C[C@H]([C@H](C)P(c1ccccc1)c1ccccc1)P(c1ccccc1)c1ccccc1. The zero-order valence-corrected chi connectivity index (χ0v) is 19.4. The Morgan fingerprint density at radius 2 is 0.567 bits per heavy atom. The summed E-state index contributed by atoms with van der Waals surface area (Å²) in [5.74, 6) is 0. The van der Waals surface area contributed by atoms with E-state index in [1.54, 1.807) is 0 Å². The van der Waals surface area contributed by atoms with Gasteiger partial charge < -0.3 is 0 Å². The summed E-state index contributed by atoms with van der Waals surface area (Å²) in [6, 6.07) is 44.5. The fourth-order valence-corrected chi connectivity index (χ4v) is 10.1. The first-order valence-corrected chi connectivity index (χ1v) is 13.4. The van der Waals surface area contributed by atoms with Gasteiger partial charge in [-0.2, -0.15) is 0 Å². The Kier molecular flexibility index (Phi) is 7.11. The Hall–Kier alpha value is -2.26. The quantitative estimate of drug-likeness (QED) is 0.317. The zero-order valence-electron chi connectivity index (χ0n) is 17.6. The van der Waals surface area contributed by atoms with Gasteiger partial charge in [0.25, 0.3) is 0 Å². The van der Waals surface area contributed by atoms with E-state index >= 15 is 0 Å². The van der Waals surface area contributed by atoms with Crippen molar-refractivity contribution >= 4 is 37.1 Å². The lowest BCUT2D eigenvalue weighted by atomic mass is 10.3. The average Bonchev–Trinajstić information content (AvgIpc) is 2.82. The van der Waals surface area contributed by atoms with Crippen molar-refractivity contribution in [3.8, 4) is 0 Å². The van der Waals surface area contributed by atoms with Crippen LogP contribution in [0.5, 0.6) is 0 Å². The summed E-state index contributed by atoms with van der Waals surface area (Å²) in [4.78, 5) is 0. The molecule has 0 nitrogen and oxygen atoms in total. The van der Waals surface area contributed by atoms with E-state index in [2.05, 4.69) is 135 Å². The third-order valence-corrected chi connectivity index (χ3v) is 11.8. The van der Waals surface area contributed by atoms with Gasteiger partial charge in [0.1, 0.15) is 0 Å². The summed E-state index contributed by atoms with van der Waals surface area (Å²) in [6.07, 6.45) is 0. The van der Waals surface area contributed by atoms with E-state index in [1.165, 1.54) is 21.2 Å². The highest BCUT2D eigenvalue weighted by molar-refractivity contribution is 7.77. The van der Waals surface area contributed by atoms with Gasteiger partial charge in [0.2, 0.25) is 0 Å². The molecule has 4 rings (SSSR count). The number of hydrogen-bond acceptors (Lipinski definition) is 0. The summed E-state index contributed by atoms with van der Waals surface area (Å²) in [7, 11) is -0.897. The molecule has 0 N–H and O–H groups in total. The van der Waals surface area contributed by atoms with Crippen LogP contribution in [0.4, 0.5) is 0 Å². The van der Waals surface area contributed by atoms with Crippen LogP contribution < -0.4 is 21.2 Å². The molecular formula is C28H28P2. The van der Waals surface area contributed by atoms with E-state index in [0.29, 0.717) is 11.3 Å². The molecule has 2 atom stereocenters. The van der Waals surface area contributed by atoms with E-state index in [1.807, 2.05) is 0 Å². The normalized spacial score (nSPS) is 13.3. The average molecular weight is 426 g/mol. The van der Waals surface area contributed by atoms with E-state index < -0.39 is 15.8 Å². The molecule has 2 heteroatoms. The molecule has 4 aromatic carbocycles. The van der Waals surface area contributed by atoms with Crippen molar-refractivity contribution in [2.45, 2.75) is 25.2 Å². The minimum atomic E-state index is -0.448. The van der Waals surface area contributed by atoms with Crippen LogP contribution >= 0.6 is 15.8 Å². The Bertz CT molecular complexity index is 851. The van der Waals surface area contributed by atoms with Crippen LogP contribution in [0, 0.1) is 0 Å². The van der Waals surface area contributed by atoms with Gasteiger partial charge in [-0.25, -0.2) is 0 Å². The van der Waals surface area contributed by atoms with Crippen LogP contribution in [-0.4, -0.2) is 11.3 Å². The second kappa shape index (κ2) is 10.2. The standard InChI is InChI=1S/C28H28P2/c1-23(29(25-15-7-3-8-16-25)26-17-9-4-10-18-26)24(2)30(27-19-11-5-12-20-27)28-21-13-6-14-22-28/h3-24H,1-2H3/t23-,24+. The highest BCUT2D eigenvalue weighted by atomic mass is 31.1. The Morgan fingerprint density at radius 3 is 0.767 bits per heavy atom. The maximum Gasteiger partial charge on any atom is -0.00861 e. The van der Waals surface area contributed by atoms with Gasteiger partial charge in [-0.05, 0) is 48.4 Å². The number of benzene rings is 4. The van der Waals surface area contributed by atoms with Gasteiger partial charge in [0.05, 0.1) is 0 Å². The topological polar surface area (TPSA) is 0 Å². The lowest BCUT2D eigenvalue weighted by molar-refractivity contribution is 0.912. The highest BCUT2D eigenvalue weighted by Crippen LogP contribution is 2.51. The van der Waals surface area contributed by atoms with Crippen LogP contribution in [0.3, 0.4) is 0 Å². The maximum atomic E-state index is 2.47. The molecule has 30 heavy (non-hydrogen) atoms. The zero-order chi connectivity index (χ0) is 20.8. The van der Waals surface area contributed by atoms with Crippen molar-refractivity contribution < 1.29 is 0 Å². The predicted octanol–water partition coefficient (Wildman–Crippen LogP) is 6.03. The molecular weight excluding hydrogens is 398 g/mol. The van der Waals surface area contributed by atoms with Crippen LogP contribution in [0.1, 0.15) is 13.8 Å². The third-order valence-electron chi connectivity index (χ3n) is 5.65. The molecule has 0 unspecified atom stereocenters. The van der Waals surface area contributed by atoms with Crippen molar-refractivity contribution in [2.24, 2.45) is 0 Å². The maximum absolute atomic E-state index is 2.47. The minimum Gasteiger partial charge on any atom is -0.0622 e. The third kappa shape index (κ3) is 4.73. The molecule has 150 valence electrons. The van der Waals surface area contributed by atoms with Crippen LogP contribution in [-0.2, 0) is 0 Å². The lowest BCUT2D eigenvalue weighted by Gasteiger charge is -2.35. The van der Waals surface area contributed by atoms with Gasteiger partial charge in [-0.3, -0.25) is 0 Å². The largest absolute Gasteiger partial charge is 0.0622 e. The van der Waals surface area contributed by atoms with Gasteiger partial charge >= 0.3 is 0 Å². The molecule has 0 bridgehead atoms. The summed E-state index contributed by atoms with van der Waals surface area (Å²) in [6.45, 7) is 4.94. The summed E-state index contributed by atoms with van der Waals surface area (Å²) in [5, 5.41) is 5.87. The van der Waals surface area contributed by atoms with Crippen molar-refractivity contribution in [1.82, 2.24) is 0 Å². The van der Waals surface area contributed by atoms with Crippen molar-refractivity contribution in [2.75, 3.05) is 0 Å². The monoisotopic (exact) mass is 426 g/mol. The fraction of sp³-hybridized carbons (Fsp3) is 0.143. The Labute approximate surface area is 183 Å². The summed E-state index contributed by atoms with van der Waals surface area (Å²) >= 11 is 0. The minimum absolute atomic E-state index is 0.448. The van der Waals surface area contributed by atoms with Crippen LogP contribution in [0.2, 0.25) is 0 Å². The molecule has 4 aromatic rings. The van der Waals surface area contributed by atoms with Gasteiger partial charge in [0, 0.05) is 0 Å². The fourth-order valence-electron chi connectivity index (χ4n) is 4.02. The molecule has 0 aromatic heterocycles. The smallest absolute Gasteiger partial charge is 0.00861 e. The molecule has 0 fully saturated rings. The van der Waals surface area contributed by atoms with E-state index in [0.717, 1.165) is 0 Å². The second-order valence-electron chi connectivity index (χ2n) is 7.56. The first-order valence-electron chi connectivity index (χ1n) is 10.5. The van der Waals surface area contributed by atoms with E-state index in [9.17, 15) is 0 Å². The van der Waals surface area contributed by atoms with E-state index in [-0.39, 0.29) is 0 Å². The van der Waals surface area contributed by atoms with Gasteiger partial charge in [0.15, 0.2) is 0 Å². The van der Waals surface area contributed by atoms with Crippen molar-refractivity contribution in [1.29, 1.82) is 0 Å². The summed E-state index contributed by atoms with van der Waals surface area (Å²) in [5.41, 5.74) is 1.10. The second-order valence-corrected chi connectivity index (χ2v) is 12.7. The first-order chi connectivity index (χ1) is 14.8. The van der Waals surface area contributed by atoms with Crippen LogP contribution in [0.15, 0.2) is 121 Å². The highest BCUT2D eigenvalue weighted by Gasteiger charge is 2.31. The van der Waals surface area contributed by atoms with Crippen molar-refractivity contribution in [3.63, 3.8) is 0 Å². The molecule has 0 radical (unpaired) electrons. The first kappa shape index (κ1) is 21.0. The van der Waals surface area contributed by atoms with E-state index in [4.69, 9.17) is 0 Å². The molecule has 0 amide bonds. The molecule has 0 spiro atoms. The van der Waals surface area contributed by atoms with Crippen molar-refractivity contribution in [3.05, 3.63) is 121 Å². The molecule has 0 aliphatic carbocycles. The predicted molar refractivity (Wildman–Crippen MR) is 137 cm³/mol. The Balaban J connectivity index is 1.77. The number of hydrogen-bond donors (Lipinski definition) is 0. The molecule has 0 aliphatic rings. The summed E-state index contributed by atoms with van der Waals surface area (Å²) < 4.78 is 0. The Morgan fingerprint density at radius 1 is 0.367 bits per heavy atom. The molecule has 0 saturated heterocycles. The number of rotatable bonds is 7. The lowest BCUT2D eigenvalue weighted by Crippen LogP contribution is -2.31. The molecule has 0 aliphatic heterocycles. The molecule has 0 heterocycles. The van der Waals surface area contributed by atoms with Gasteiger partial charge in [-0.1, -0.05) is 135 Å². The molecule has 0 saturated carbocycles. The van der Waals surface area contributed by atoms with Gasteiger partial charge in [-0.15, -0.1) is 0 Å².